The number of aromatic nitrogens is 2. The highest BCUT2D eigenvalue weighted by molar-refractivity contribution is 6.31. The molecule has 1 aromatic heterocycles. The molecule has 0 unspecified atom stereocenters. The summed E-state index contributed by atoms with van der Waals surface area (Å²) in [6, 6.07) is 13.7. The molecule has 1 saturated heterocycles. The number of nitrogens with zero attached hydrogens (tertiary/aromatic N) is 3. The highest BCUT2D eigenvalue weighted by Crippen LogP contribution is 2.23. The second-order valence-electron chi connectivity index (χ2n) is 7.74. The monoisotopic (exact) mass is 412 g/mol. The Hall–Kier alpha value is -2.44. The van der Waals surface area contributed by atoms with Crippen molar-refractivity contribution in [2.75, 3.05) is 13.1 Å². The lowest BCUT2D eigenvalue weighted by Crippen LogP contribution is -2.35. The number of benzene rings is 2. The number of amides is 1. The minimum Gasteiger partial charge on any atom is -0.352 e. The van der Waals surface area contributed by atoms with Gasteiger partial charge in [-0.1, -0.05) is 35.9 Å². The van der Waals surface area contributed by atoms with Crippen molar-refractivity contribution in [2.24, 2.45) is 5.92 Å². The minimum atomic E-state index is 0.0889. The van der Waals surface area contributed by atoms with Crippen LogP contribution in [0.2, 0.25) is 5.02 Å². The van der Waals surface area contributed by atoms with Crippen LogP contribution in [0.25, 0.3) is 11.0 Å². The van der Waals surface area contributed by atoms with Crippen LogP contribution < -0.4 is 5.32 Å². The molecule has 0 bridgehead atoms. The SMILES string of the molecule is O=C(CC[C@@H]1CCCN(Cc2ccc3nonc3c2)C1)NCc1ccccc1Cl. The van der Waals surface area contributed by atoms with E-state index in [0.717, 1.165) is 42.7 Å². The quantitative estimate of drug-likeness (QED) is 0.630. The average molecular weight is 413 g/mol. The average Bonchev–Trinajstić information content (AvgIpc) is 3.20. The molecule has 6 nitrogen and oxygen atoms in total. The van der Waals surface area contributed by atoms with Gasteiger partial charge in [-0.3, -0.25) is 9.69 Å². The largest absolute Gasteiger partial charge is 0.352 e. The number of carbonyl (C=O) groups is 1. The molecule has 3 aromatic rings. The van der Waals surface area contributed by atoms with Gasteiger partial charge in [0.05, 0.1) is 0 Å². The first kappa shape index (κ1) is 19.9. The molecule has 1 amide bonds. The van der Waals surface area contributed by atoms with E-state index in [1.807, 2.05) is 36.4 Å². The molecule has 4 rings (SSSR count). The molecule has 7 heteroatoms. The van der Waals surface area contributed by atoms with E-state index in [-0.39, 0.29) is 5.91 Å². The Morgan fingerprint density at radius 2 is 2.07 bits per heavy atom. The molecule has 1 aliphatic rings. The van der Waals surface area contributed by atoms with Gasteiger partial charge in [-0.25, -0.2) is 4.63 Å². The highest BCUT2D eigenvalue weighted by Gasteiger charge is 2.21. The topological polar surface area (TPSA) is 71.3 Å². The van der Waals surface area contributed by atoms with Gasteiger partial charge in [-0.2, -0.15) is 0 Å². The van der Waals surface area contributed by atoms with Crippen LogP contribution in [0, 0.1) is 5.92 Å². The summed E-state index contributed by atoms with van der Waals surface area (Å²) in [4.78, 5) is 14.7. The molecular formula is C22H25ClN4O2. The Balaban J connectivity index is 1.23. The summed E-state index contributed by atoms with van der Waals surface area (Å²) in [7, 11) is 0. The number of halogens is 1. The summed E-state index contributed by atoms with van der Waals surface area (Å²) in [6.45, 7) is 3.48. The standard InChI is InChI=1S/C22H25ClN4O2/c23-19-6-2-1-5-18(19)13-24-22(28)10-8-16-4-3-11-27(14-16)15-17-7-9-20-21(12-17)26-29-25-20/h1-2,5-7,9,12,16H,3-4,8,10-11,13-15H2,(H,24,28)/t16-/m0/s1. The van der Waals surface area contributed by atoms with Crippen molar-refractivity contribution < 1.29 is 9.42 Å². The van der Waals surface area contributed by atoms with E-state index in [2.05, 4.69) is 26.6 Å². The molecule has 1 aliphatic heterocycles. The fraction of sp³-hybridized carbons (Fsp3) is 0.409. The highest BCUT2D eigenvalue weighted by atomic mass is 35.5. The number of carbonyl (C=O) groups excluding carboxylic acids is 1. The zero-order valence-electron chi connectivity index (χ0n) is 16.3. The van der Waals surface area contributed by atoms with Crippen molar-refractivity contribution in [1.29, 1.82) is 0 Å². The molecule has 0 aliphatic carbocycles. The number of nitrogens with one attached hydrogen (secondary N) is 1. The van der Waals surface area contributed by atoms with Crippen LogP contribution >= 0.6 is 11.6 Å². The smallest absolute Gasteiger partial charge is 0.220 e. The predicted molar refractivity (Wildman–Crippen MR) is 112 cm³/mol. The summed E-state index contributed by atoms with van der Waals surface area (Å²) in [5, 5.41) is 11.5. The summed E-state index contributed by atoms with van der Waals surface area (Å²) >= 11 is 6.15. The lowest BCUT2D eigenvalue weighted by Gasteiger charge is -2.32. The van der Waals surface area contributed by atoms with Gasteiger partial charge in [0.15, 0.2) is 0 Å². The van der Waals surface area contributed by atoms with Crippen LogP contribution in [0.3, 0.4) is 0 Å². The molecule has 1 atom stereocenters. The van der Waals surface area contributed by atoms with E-state index < -0.39 is 0 Å². The van der Waals surface area contributed by atoms with Crippen molar-refractivity contribution >= 4 is 28.5 Å². The summed E-state index contributed by atoms with van der Waals surface area (Å²) < 4.78 is 4.78. The van der Waals surface area contributed by atoms with Crippen LogP contribution in [0.5, 0.6) is 0 Å². The number of likely N-dealkylation sites (tertiary alicyclic amines) is 1. The first-order valence-corrected chi connectivity index (χ1v) is 10.5. The molecule has 0 saturated carbocycles. The zero-order chi connectivity index (χ0) is 20.1. The fourth-order valence-corrected chi connectivity index (χ4v) is 4.18. The second kappa shape index (κ2) is 9.37. The van der Waals surface area contributed by atoms with Crippen molar-refractivity contribution in [3.05, 3.63) is 58.6 Å². The molecule has 1 fully saturated rings. The predicted octanol–water partition coefficient (Wildman–Crippen LogP) is 4.18. The molecule has 0 radical (unpaired) electrons. The zero-order valence-corrected chi connectivity index (χ0v) is 17.1. The Labute approximate surface area is 175 Å². The van der Waals surface area contributed by atoms with Gasteiger partial charge in [0.1, 0.15) is 11.0 Å². The van der Waals surface area contributed by atoms with Crippen LogP contribution in [0.15, 0.2) is 47.1 Å². The lowest BCUT2D eigenvalue weighted by atomic mass is 9.93. The van der Waals surface area contributed by atoms with Crippen molar-refractivity contribution in [2.45, 2.75) is 38.8 Å². The maximum atomic E-state index is 12.3. The van der Waals surface area contributed by atoms with Crippen molar-refractivity contribution in [1.82, 2.24) is 20.5 Å². The summed E-state index contributed by atoms with van der Waals surface area (Å²) in [5.74, 6) is 0.637. The Bertz CT molecular complexity index is 974. The molecule has 2 aromatic carbocycles. The first-order valence-electron chi connectivity index (χ1n) is 10.1. The van der Waals surface area contributed by atoms with Crippen molar-refractivity contribution in [3.63, 3.8) is 0 Å². The maximum Gasteiger partial charge on any atom is 0.220 e. The maximum absolute atomic E-state index is 12.3. The normalized spacial score (nSPS) is 17.5. The number of hydrogen-bond donors (Lipinski definition) is 1. The van der Waals surface area contributed by atoms with Gasteiger partial charge in [0.2, 0.25) is 5.91 Å². The molecule has 152 valence electrons. The van der Waals surface area contributed by atoms with E-state index in [4.69, 9.17) is 16.2 Å². The van der Waals surface area contributed by atoms with Gasteiger partial charge in [0, 0.05) is 31.1 Å². The third-order valence-corrected chi connectivity index (χ3v) is 5.91. The van der Waals surface area contributed by atoms with Gasteiger partial charge >= 0.3 is 0 Å². The van der Waals surface area contributed by atoms with Gasteiger partial charge in [-0.05, 0) is 71.4 Å². The first-order chi connectivity index (χ1) is 14.2. The molecule has 2 heterocycles. The molecular weight excluding hydrogens is 388 g/mol. The van der Waals surface area contributed by atoms with E-state index in [1.165, 1.54) is 18.4 Å². The van der Waals surface area contributed by atoms with E-state index in [9.17, 15) is 4.79 Å². The molecule has 29 heavy (non-hydrogen) atoms. The number of fused-ring (bicyclic) bond motifs is 1. The number of hydrogen-bond acceptors (Lipinski definition) is 5. The second-order valence-corrected chi connectivity index (χ2v) is 8.14. The summed E-state index contributed by atoms with van der Waals surface area (Å²) in [5.41, 5.74) is 3.75. The van der Waals surface area contributed by atoms with Gasteiger partial charge in [-0.15, -0.1) is 0 Å². The Morgan fingerprint density at radius 1 is 1.21 bits per heavy atom. The minimum absolute atomic E-state index is 0.0889. The third kappa shape index (κ3) is 5.34. The fourth-order valence-electron chi connectivity index (χ4n) is 3.97. The van der Waals surface area contributed by atoms with Crippen LogP contribution in [0.4, 0.5) is 0 Å². The third-order valence-electron chi connectivity index (χ3n) is 5.54. The summed E-state index contributed by atoms with van der Waals surface area (Å²) in [6.07, 6.45) is 3.82. The van der Waals surface area contributed by atoms with Crippen LogP contribution in [-0.4, -0.2) is 34.2 Å². The van der Waals surface area contributed by atoms with Crippen LogP contribution in [0.1, 0.15) is 36.8 Å². The van der Waals surface area contributed by atoms with E-state index in [0.29, 0.717) is 23.9 Å². The number of piperidine rings is 1. The van der Waals surface area contributed by atoms with Crippen molar-refractivity contribution in [3.8, 4) is 0 Å². The van der Waals surface area contributed by atoms with Gasteiger partial charge < -0.3 is 5.32 Å². The number of rotatable bonds is 7. The van der Waals surface area contributed by atoms with E-state index >= 15 is 0 Å². The molecule has 0 spiro atoms. The van der Waals surface area contributed by atoms with E-state index in [1.54, 1.807) is 0 Å². The molecule has 1 N–H and O–H groups in total. The lowest BCUT2D eigenvalue weighted by molar-refractivity contribution is -0.121. The van der Waals surface area contributed by atoms with Gasteiger partial charge in [0.25, 0.3) is 0 Å². The Kier molecular flexibility index (Phi) is 6.42. The Morgan fingerprint density at radius 3 is 2.97 bits per heavy atom. The van der Waals surface area contributed by atoms with Crippen LogP contribution in [-0.2, 0) is 17.9 Å².